The summed E-state index contributed by atoms with van der Waals surface area (Å²) in [6.45, 7) is 0. The monoisotopic (exact) mass is 260 g/mol. The summed E-state index contributed by atoms with van der Waals surface area (Å²) in [6.07, 6.45) is -1.03. The zero-order valence-corrected chi connectivity index (χ0v) is 9.15. The Kier molecular flexibility index (Phi) is 3.89. The topological polar surface area (TPSA) is 149 Å². The molecule has 0 radical (unpaired) electrons. The summed E-state index contributed by atoms with van der Waals surface area (Å²) in [5, 5.41) is 35.4. The Morgan fingerprint density at radius 1 is 0.833 bits per heavy atom. The summed E-state index contributed by atoms with van der Waals surface area (Å²) in [7, 11) is 0. The lowest BCUT2D eigenvalue weighted by Crippen LogP contribution is -2.32. The molecule has 1 fully saturated rings. The summed E-state index contributed by atoms with van der Waals surface area (Å²) >= 11 is 0. The van der Waals surface area contributed by atoms with Crippen LogP contribution in [-0.2, 0) is 19.2 Å². The van der Waals surface area contributed by atoms with Gasteiger partial charge in [0.2, 0.25) is 0 Å². The van der Waals surface area contributed by atoms with E-state index in [4.69, 9.17) is 20.4 Å². The molecule has 0 aromatic carbocycles. The van der Waals surface area contributed by atoms with Crippen LogP contribution in [0.2, 0.25) is 0 Å². The third kappa shape index (κ3) is 2.58. The molecule has 1 rings (SSSR count). The molecule has 100 valence electrons. The van der Waals surface area contributed by atoms with E-state index in [2.05, 4.69) is 0 Å². The molecular weight excluding hydrogens is 248 g/mol. The fraction of sp³-hybridized carbons (Fsp3) is 0.600. The number of hydrogen-bond acceptors (Lipinski definition) is 4. The van der Waals surface area contributed by atoms with E-state index in [9.17, 15) is 19.2 Å². The minimum atomic E-state index is -1.49. The average Bonchev–Trinajstić information content (AvgIpc) is 2.56. The van der Waals surface area contributed by atoms with Crippen LogP contribution >= 0.6 is 0 Å². The van der Waals surface area contributed by atoms with Gasteiger partial charge in [0.05, 0.1) is 17.8 Å². The van der Waals surface area contributed by atoms with Crippen molar-refractivity contribution >= 4 is 23.9 Å². The van der Waals surface area contributed by atoms with Gasteiger partial charge in [-0.2, -0.15) is 0 Å². The van der Waals surface area contributed by atoms with Crippen LogP contribution in [0, 0.1) is 23.7 Å². The van der Waals surface area contributed by atoms with Gasteiger partial charge in [0.25, 0.3) is 0 Å². The van der Waals surface area contributed by atoms with Gasteiger partial charge in [-0.25, -0.2) is 0 Å². The van der Waals surface area contributed by atoms with Crippen LogP contribution in [-0.4, -0.2) is 44.3 Å². The summed E-state index contributed by atoms with van der Waals surface area (Å²) in [4.78, 5) is 43.5. The smallest absolute Gasteiger partial charge is 0.307 e. The largest absolute Gasteiger partial charge is 0.481 e. The molecule has 0 amide bonds. The van der Waals surface area contributed by atoms with Crippen molar-refractivity contribution in [3.8, 4) is 0 Å². The van der Waals surface area contributed by atoms with Gasteiger partial charge >= 0.3 is 23.9 Å². The molecule has 1 saturated carbocycles. The third-order valence-corrected chi connectivity index (χ3v) is 3.25. The number of carboxylic acids is 4. The third-order valence-electron chi connectivity index (χ3n) is 3.25. The van der Waals surface area contributed by atoms with E-state index in [1.165, 1.54) is 0 Å². The lowest BCUT2D eigenvalue weighted by atomic mass is 9.84. The van der Waals surface area contributed by atoms with Crippen molar-refractivity contribution in [3.05, 3.63) is 0 Å². The molecule has 18 heavy (non-hydrogen) atoms. The Hall–Kier alpha value is -2.12. The molecule has 0 aromatic rings. The van der Waals surface area contributed by atoms with Gasteiger partial charge in [-0.3, -0.25) is 19.2 Å². The van der Waals surface area contributed by atoms with Crippen molar-refractivity contribution in [1.29, 1.82) is 0 Å². The van der Waals surface area contributed by atoms with Gasteiger partial charge in [-0.1, -0.05) is 0 Å². The van der Waals surface area contributed by atoms with E-state index < -0.39 is 54.0 Å². The molecular formula is C10H12O8. The van der Waals surface area contributed by atoms with Crippen LogP contribution in [0.25, 0.3) is 0 Å². The van der Waals surface area contributed by atoms with Crippen molar-refractivity contribution in [3.63, 3.8) is 0 Å². The highest BCUT2D eigenvalue weighted by molar-refractivity contribution is 5.85. The molecule has 0 unspecified atom stereocenters. The standard InChI is InChI=1S/C10H12O8/c11-6(12)2-3-4(8(13)14)1-5(9(15)16)7(3)10(17)18/h3-5,7H,1-2H2,(H,11,12)(H,13,14)(H,15,16)(H,17,18)/t3-,4-,5+,7-/m0/s1. The predicted molar refractivity (Wildman–Crippen MR) is 53.7 cm³/mol. The van der Waals surface area contributed by atoms with Crippen molar-refractivity contribution in [2.45, 2.75) is 12.8 Å². The van der Waals surface area contributed by atoms with Crippen LogP contribution in [0.3, 0.4) is 0 Å². The highest BCUT2D eigenvalue weighted by atomic mass is 16.4. The van der Waals surface area contributed by atoms with E-state index in [1.54, 1.807) is 0 Å². The molecule has 8 nitrogen and oxygen atoms in total. The number of hydrogen-bond donors (Lipinski definition) is 4. The van der Waals surface area contributed by atoms with Crippen LogP contribution in [0.5, 0.6) is 0 Å². The van der Waals surface area contributed by atoms with Crippen LogP contribution < -0.4 is 0 Å². The minimum absolute atomic E-state index is 0.362. The van der Waals surface area contributed by atoms with Crippen molar-refractivity contribution < 1.29 is 39.6 Å². The summed E-state index contributed by atoms with van der Waals surface area (Å²) in [6, 6.07) is 0. The molecule has 1 aliphatic rings. The molecule has 0 heterocycles. The second kappa shape index (κ2) is 5.03. The molecule has 4 atom stereocenters. The zero-order chi connectivity index (χ0) is 14.0. The van der Waals surface area contributed by atoms with E-state index in [1.807, 2.05) is 0 Å². The van der Waals surface area contributed by atoms with Crippen LogP contribution in [0.1, 0.15) is 12.8 Å². The quantitative estimate of drug-likeness (QED) is 0.520. The Labute approximate surface area is 101 Å². The van der Waals surface area contributed by atoms with Crippen molar-refractivity contribution in [2.75, 3.05) is 0 Å². The SMILES string of the molecule is O=C(O)C[C@@H]1[C@H](C(=O)O)[C@H](C(=O)O)C[C@@H]1C(=O)O. The second-order valence-corrected chi connectivity index (χ2v) is 4.25. The minimum Gasteiger partial charge on any atom is -0.481 e. The highest BCUT2D eigenvalue weighted by Crippen LogP contribution is 2.44. The average molecular weight is 260 g/mol. The fourth-order valence-electron chi connectivity index (χ4n) is 2.51. The predicted octanol–water partition coefficient (Wildman–Crippen LogP) is -0.417. The van der Waals surface area contributed by atoms with E-state index >= 15 is 0 Å². The zero-order valence-electron chi connectivity index (χ0n) is 9.15. The molecule has 1 aliphatic carbocycles. The Bertz CT molecular complexity index is 401. The lowest BCUT2D eigenvalue weighted by Gasteiger charge is -2.18. The second-order valence-electron chi connectivity index (χ2n) is 4.25. The summed E-state index contributed by atoms with van der Waals surface area (Å²) in [5.41, 5.74) is 0. The molecule has 0 spiro atoms. The number of carbonyl (C=O) groups is 4. The van der Waals surface area contributed by atoms with E-state index in [-0.39, 0.29) is 6.42 Å². The number of carboxylic acid groups (broad SMARTS) is 4. The van der Waals surface area contributed by atoms with E-state index in [0.717, 1.165) is 0 Å². The Balaban J connectivity index is 3.10. The van der Waals surface area contributed by atoms with Gasteiger partial charge in [-0.15, -0.1) is 0 Å². The van der Waals surface area contributed by atoms with Crippen LogP contribution in [0.4, 0.5) is 0 Å². The molecule has 0 aliphatic heterocycles. The maximum atomic E-state index is 11.0. The first kappa shape index (κ1) is 13.9. The van der Waals surface area contributed by atoms with Crippen LogP contribution in [0.15, 0.2) is 0 Å². The van der Waals surface area contributed by atoms with Gasteiger partial charge in [-0.05, 0) is 12.3 Å². The number of rotatable bonds is 5. The molecule has 0 saturated heterocycles. The van der Waals surface area contributed by atoms with Gasteiger partial charge < -0.3 is 20.4 Å². The Morgan fingerprint density at radius 2 is 1.33 bits per heavy atom. The van der Waals surface area contributed by atoms with Gasteiger partial charge in [0.1, 0.15) is 0 Å². The molecule has 8 heteroatoms. The first-order valence-corrected chi connectivity index (χ1v) is 5.16. The fourth-order valence-corrected chi connectivity index (χ4v) is 2.51. The van der Waals surface area contributed by atoms with Gasteiger partial charge in [0, 0.05) is 6.42 Å². The number of aliphatic carboxylic acids is 4. The summed E-state index contributed by atoms with van der Waals surface area (Å²) in [5.74, 6) is -10.9. The van der Waals surface area contributed by atoms with Gasteiger partial charge in [0.15, 0.2) is 0 Å². The molecule has 4 N–H and O–H groups in total. The molecule has 0 aromatic heterocycles. The first-order valence-electron chi connectivity index (χ1n) is 5.16. The maximum absolute atomic E-state index is 11.0. The first-order chi connectivity index (χ1) is 8.25. The van der Waals surface area contributed by atoms with E-state index in [0.29, 0.717) is 0 Å². The highest BCUT2D eigenvalue weighted by Gasteiger charge is 2.53. The van der Waals surface area contributed by atoms with Crippen molar-refractivity contribution in [1.82, 2.24) is 0 Å². The maximum Gasteiger partial charge on any atom is 0.307 e. The normalized spacial score (nSPS) is 30.9. The van der Waals surface area contributed by atoms with Crippen molar-refractivity contribution in [2.24, 2.45) is 23.7 Å². The molecule has 0 bridgehead atoms. The Morgan fingerprint density at radius 3 is 1.67 bits per heavy atom. The lowest BCUT2D eigenvalue weighted by molar-refractivity contribution is -0.155. The summed E-state index contributed by atoms with van der Waals surface area (Å²) < 4.78 is 0.